The van der Waals surface area contributed by atoms with E-state index in [0.29, 0.717) is 26.1 Å². The second-order valence-corrected chi connectivity index (χ2v) is 3.05. The maximum absolute atomic E-state index is 11.1. The van der Waals surface area contributed by atoms with Crippen LogP contribution in [0, 0.1) is 0 Å². The minimum atomic E-state index is -0.568. The van der Waals surface area contributed by atoms with Crippen molar-refractivity contribution in [3.05, 3.63) is 0 Å². The minimum Gasteiger partial charge on any atom is -0.469 e. The van der Waals surface area contributed by atoms with Crippen molar-refractivity contribution in [3.63, 3.8) is 0 Å². The highest BCUT2D eigenvalue weighted by atomic mass is 16.6. The molecule has 0 aromatic carbocycles. The Balaban J connectivity index is 2.21. The van der Waals surface area contributed by atoms with E-state index in [0.717, 1.165) is 0 Å². The van der Waals surface area contributed by atoms with Crippen LogP contribution in [0.4, 0.5) is 0 Å². The first kappa shape index (κ1) is 11.0. The van der Waals surface area contributed by atoms with Crippen molar-refractivity contribution in [2.75, 3.05) is 20.3 Å². The minimum absolute atomic E-state index is 0.110. The first-order valence-electron chi connectivity index (χ1n) is 4.56. The van der Waals surface area contributed by atoms with Gasteiger partial charge in [0.25, 0.3) is 0 Å². The molecule has 5 nitrogen and oxygen atoms in total. The summed E-state index contributed by atoms with van der Waals surface area (Å²) in [5.41, 5.74) is 0. The Hall–Kier alpha value is -1.10. The van der Waals surface area contributed by atoms with E-state index >= 15 is 0 Å². The lowest BCUT2D eigenvalue weighted by Gasteiger charge is -2.21. The Kier molecular flexibility index (Phi) is 4.39. The molecule has 0 radical (unpaired) electrons. The first-order valence-corrected chi connectivity index (χ1v) is 4.56. The number of hydrogen-bond acceptors (Lipinski definition) is 5. The van der Waals surface area contributed by atoms with Crippen LogP contribution in [0.15, 0.2) is 0 Å². The molecule has 1 saturated heterocycles. The summed E-state index contributed by atoms with van der Waals surface area (Å²) in [6, 6.07) is 0. The van der Waals surface area contributed by atoms with E-state index in [2.05, 4.69) is 4.74 Å². The molecule has 1 fully saturated rings. The Morgan fingerprint density at radius 3 is 2.50 bits per heavy atom. The summed E-state index contributed by atoms with van der Waals surface area (Å²) in [6.45, 7) is 1.21. The Morgan fingerprint density at radius 1 is 1.29 bits per heavy atom. The van der Waals surface area contributed by atoms with E-state index in [1.54, 1.807) is 0 Å². The van der Waals surface area contributed by atoms with Gasteiger partial charge in [0, 0.05) is 12.8 Å². The molecule has 0 aromatic rings. The van der Waals surface area contributed by atoms with Crippen LogP contribution in [0.5, 0.6) is 0 Å². The van der Waals surface area contributed by atoms with Crippen LogP contribution < -0.4 is 0 Å². The van der Waals surface area contributed by atoms with Gasteiger partial charge in [-0.1, -0.05) is 0 Å². The zero-order chi connectivity index (χ0) is 10.4. The van der Waals surface area contributed by atoms with Crippen molar-refractivity contribution >= 4 is 11.9 Å². The molecule has 0 saturated carbocycles. The van der Waals surface area contributed by atoms with Gasteiger partial charge in [-0.3, -0.25) is 9.59 Å². The molecular formula is C9H14O5. The number of ether oxygens (including phenoxy) is 3. The number of rotatable bonds is 3. The monoisotopic (exact) mass is 202 g/mol. The molecule has 0 amide bonds. The van der Waals surface area contributed by atoms with Crippen LogP contribution in [0.1, 0.15) is 19.3 Å². The first-order chi connectivity index (χ1) is 6.72. The fourth-order valence-corrected chi connectivity index (χ4v) is 1.21. The average molecular weight is 202 g/mol. The van der Waals surface area contributed by atoms with Crippen molar-refractivity contribution in [3.8, 4) is 0 Å². The Morgan fingerprint density at radius 2 is 1.93 bits per heavy atom. The van der Waals surface area contributed by atoms with Gasteiger partial charge < -0.3 is 14.2 Å². The smallest absolute Gasteiger partial charge is 0.317 e. The van der Waals surface area contributed by atoms with Crippen LogP contribution in [0.3, 0.4) is 0 Å². The molecular weight excluding hydrogens is 188 g/mol. The van der Waals surface area contributed by atoms with Crippen LogP contribution in [0.25, 0.3) is 0 Å². The van der Waals surface area contributed by atoms with Crippen LogP contribution >= 0.6 is 0 Å². The summed E-state index contributed by atoms with van der Waals surface area (Å²) in [6.07, 6.45) is 0.981. The zero-order valence-corrected chi connectivity index (χ0v) is 8.15. The highest BCUT2D eigenvalue weighted by Crippen LogP contribution is 2.11. The van der Waals surface area contributed by atoms with Gasteiger partial charge >= 0.3 is 11.9 Å². The fraction of sp³-hybridized carbons (Fsp3) is 0.778. The SMILES string of the molecule is COC(=O)CC(=O)OC1CCOCC1. The van der Waals surface area contributed by atoms with Crippen molar-refractivity contribution in [1.82, 2.24) is 0 Å². The number of hydrogen-bond donors (Lipinski definition) is 0. The third-order valence-corrected chi connectivity index (χ3v) is 1.98. The molecule has 0 unspecified atom stereocenters. The lowest BCUT2D eigenvalue weighted by Crippen LogP contribution is -2.27. The lowest BCUT2D eigenvalue weighted by atomic mass is 10.1. The van der Waals surface area contributed by atoms with Gasteiger partial charge in [0.05, 0.1) is 20.3 Å². The summed E-state index contributed by atoms with van der Waals surface area (Å²) < 4.78 is 14.5. The predicted octanol–water partition coefficient (Wildman–Crippen LogP) is 0.272. The maximum Gasteiger partial charge on any atom is 0.317 e. The van der Waals surface area contributed by atoms with Crippen LogP contribution in [0.2, 0.25) is 0 Å². The summed E-state index contributed by atoms with van der Waals surface area (Å²) in [7, 11) is 1.24. The Bertz CT molecular complexity index is 207. The van der Waals surface area contributed by atoms with Crippen molar-refractivity contribution < 1.29 is 23.8 Å². The average Bonchev–Trinajstić information content (AvgIpc) is 2.19. The summed E-state index contributed by atoms with van der Waals surface area (Å²) >= 11 is 0. The predicted molar refractivity (Wildman–Crippen MR) is 46.6 cm³/mol. The normalized spacial score (nSPS) is 17.5. The number of esters is 2. The standard InChI is InChI=1S/C9H14O5/c1-12-8(10)6-9(11)14-7-2-4-13-5-3-7/h7H,2-6H2,1H3. The van der Waals surface area contributed by atoms with Gasteiger partial charge in [0.2, 0.25) is 0 Å². The molecule has 0 N–H and O–H groups in total. The van der Waals surface area contributed by atoms with Crippen molar-refractivity contribution in [2.24, 2.45) is 0 Å². The molecule has 14 heavy (non-hydrogen) atoms. The van der Waals surface area contributed by atoms with Gasteiger partial charge in [-0.25, -0.2) is 0 Å². The number of methoxy groups -OCH3 is 1. The van der Waals surface area contributed by atoms with E-state index in [-0.39, 0.29) is 12.5 Å². The van der Waals surface area contributed by atoms with Crippen molar-refractivity contribution in [2.45, 2.75) is 25.4 Å². The molecule has 1 aliphatic rings. The molecule has 0 aromatic heterocycles. The molecule has 5 heteroatoms. The molecule has 1 rings (SSSR count). The molecule has 0 spiro atoms. The lowest BCUT2D eigenvalue weighted by molar-refractivity contribution is -0.159. The largest absolute Gasteiger partial charge is 0.469 e. The molecule has 1 heterocycles. The molecule has 0 bridgehead atoms. The summed E-state index contributed by atoms with van der Waals surface area (Å²) in [5, 5.41) is 0. The topological polar surface area (TPSA) is 61.8 Å². The van der Waals surface area contributed by atoms with Crippen molar-refractivity contribution in [1.29, 1.82) is 0 Å². The van der Waals surface area contributed by atoms with Gasteiger partial charge in [-0.15, -0.1) is 0 Å². The van der Waals surface area contributed by atoms with Gasteiger partial charge in [0.15, 0.2) is 0 Å². The van der Waals surface area contributed by atoms with Gasteiger partial charge in [0.1, 0.15) is 12.5 Å². The molecule has 1 aliphatic heterocycles. The maximum atomic E-state index is 11.1. The second-order valence-electron chi connectivity index (χ2n) is 3.05. The second kappa shape index (κ2) is 5.59. The van der Waals surface area contributed by atoms with E-state index in [4.69, 9.17) is 9.47 Å². The third-order valence-electron chi connectivity index (χ3n) is 1.98. The molecule has 0 atom stereocenters. The third kappa shape index (κ3) is 3.74. The van der Waals surface area contributed by atoms with Crippen LogP contribution in [-0.4, -0.2) is 38.4 Å². The fourth-order valence-electron chi connectivity index (χ4n) is 1.21. The Labute approximate surface area is 82.3 Å². The summed E-state index contributed by atoms with van der Waals surface area (Å²) in [4.78, 5) is 21.8. The zero-order valence-electron chi connectivity index (χ0n) is 8.15. The summed E-state index contributed by atoms with van der Waals surface area (Å²) in [5.74, 6) is -1.09. The highest BCUT2D eigenvalue weighted by Gasteiger charge is 2.19. The van der Waals surface area contributed by atoms with E-state index < -0.39 is 11.9 Å². The number of carbonyl (C=O) groups excluding carboxylic acids is 2. The quantitative estimate of drug-likeness (QED) is 0.485. The highest BCUT2D eigenvalue weighted by molar-refractivity contribution is 5.91. The van der Waals surface area contributed by atoms with E-state index in [1.165, 1.54) is 7.11 Å². The van der Waals surface area contributed by atoms with Gasteiger partial charge in [-0.2, -0.15) is 0 Å². The van der Waals surface area contributed by atoms with E-state index in [9.17, 15) is 9.59 Å². The molecule has 80 valence electrons. The number of carbonyl (C=O) groups is 2. The van der Waals surface area contributed by atoms with E-state index in [1.807, 2.05) is 0 Å². The molecule has 0 aliphatic carbocycles. The van der Waals surface area contributed by atoms with Crippen LogP contribution in [-0.2, 0) is 23.8 Å². The van der Waals surface area contributed by atoms with Gasteiger partial charge in [-0.05, 0) is 0 Å².